The fraction of sp³-hybridized carbons (Fsp3) is 0.350. The van der Waals surface area contributed by atoms with Crippen molar-refractivity contribution in [2.24, 2.45) is 0 Å². The quantitative estimate of drug-likeness (QED) is 0.830. The van der Waals surface area contributed by atoms with Gasteiger partial charge in [-0.3, -0.25) is 9.69 Å². The van der Waals surface area contributed by atoms with Gasteiger partial charge >= 0.3 is 6.18 Å². The number of hydrogen-bond acceptors (Lipinski definition) is 3. The number of rotatable bonds is 2. The number of fused-ring (bicyclic) bond motifs is 1. The maximum atomic E-state index is 13.5. The molecule has 1 saturated heterocycles. The summed E-state index contributed by atoms with van der Waals surface area (Å²) in [4.78, 5) is 15.2. The Morgan fingerprint density at radius 3 is 2.30 bits per heavy atom. The zero-order valence-corrected chi connectivity index (χ0v) is 14.5. The van der Waals surface area contributed by atoms with E-state index in [0.717, 1.165) is 25.3 Å². The lowest BCUT2D eigenvalue weighted by atomic mass is 9.80. The van der Waals surface area contributed by atoms with Crippen LogP contribution in [0.5, 0.6) is 5.75 Å². The minimum atomic E-state index is -4.56. The molecule has 0 radical (unpaired) electrons. The smallest absolute Gasteiger partial charge is 0.418 e. The average Bonchev–Trinajstić information content (AvgIpc) is 2.95. The average molecular weight is 376 g/mol. The number of nitrogens with zero attached hydrogens (tertiary/aromatic N) is 1. The molecule has 4 nitrogen and oxygen atoms in total. The summed E-state index contributed by atoms with van der Waals surface area (Å²) in [7, 11) is 0. The molecule has 27 heavy (non-hydrogen) atoms. The van der Waals surface area contributed by atoms with E-state index in [4.69, 9.17) is 0 Å². The number of benzene rings is 2. The summed E-state index contributed by atoms with van der Waals surface area (Å²) >= 11 is 0. The Morgan fingerprint density at radius 1 is 1.00 bits per heavy atom. The first-order chi connectivity index (χ1) is 12.8. The van der Waals surface area contributed by atoms with Crippen LogP contribution >= 0.6 is 0 Å². The molecule has 1 unspecified atom stereocenters. The van der Waals surface area contributed by atoms with E-state index in [1.54, 1.807) is 18.2 Å². The monoisotopic (exact) mass is 376 g/mol. The molecule has 4 rings (SSSR count). The maximum absolute atomic E-state index is 13.5. The molecule has 2 aliphatic heterocycles. The standard InChI is InChI=1S/C20H19F3N2O2/c21-20(22,23)16-6-4-5-15-17(16)24-18(27)19(15,25-11-2-1-3-12-25)13-7-9-14(26)10-8-13/h4-10,26H,1-3,11-12H2,(H,24,27). The van der Waals surface area contributed by atoms with Crippen LogP contribution in [0.25, 0.3) is 0 Å². The van der Waals surface area contributed by atoms with Gasteiger partial charge in [-0.2, -0.15) is 13.2 Å². The van der Waals surface area contributed by atoms with Crippen molar-refractivity contribution in [3.63, 3.8) is 0 Å². The number of hydrogen-bond donors (Lipinski definition) is 2. The molecule has 2 aromatic rings. The number of aromatic hydroxyl groups is 1. The molecule has 2 aromatic carbocycles. The number of piperidine rings is 1. The minimum absolute atomic E-state index is 0.0372. The molecule has 2 N–H and O–H groups in total. The largest absolute Gasteiger partial charge is 0.508 e. The zero-order valence-electron chi connectivity index (χ0n) is 14.5. The highest BCUT2D eigenvalue weighted by atomic mass is 19.4. The number of para-hydroxylation sites is 1. The van der Waals surface area contributed by atoms with E-state index < -0.39 is 23.2 Å². The molecular formula is C20H19F3N2O2. The Morgan fingerprint density at radius 2 is 1.67 bits per heavy atom. The highest BCUT2D eigenvalue weighted by molar-refractivity contribution is 6.09. The van der Waals surface area contributed by atoms with E-state index in [1.165, 1.54) is 18.2 Å². The first kappa shape index (κ1) is 17.9. The van der Waals surface area contributed by atoms with Crippen LogP contribution in [-0.4, -0.2) is 29.0 Å². The Balaban J connectivity index is 1.98. The molecule has 1 fully saturated rings. The summed E-state index contributed by atoms with van der Waals surface area (Å²) in [5.41, 5.74) is -1.47. The summed E-state index contributed by atoms with van der Waals surface area (Å²) < 4.78 is 40.6. The summed E-state index contributed by atoms with van der Waals surface area (Å²) in [5.74, 6) is -0.447. The van der Waals surface area contributed by atoms with E-state index >= 15 is 0 Å². The van der Waals surface area contributed by atoms with Gasteiger partial charge in [-0.05, 0) is 49.7 Å². The number of nitrogens with one attached hydrogen (secondary N) is 1. The number of anilines is 1. The highest BCUT2D eigenvalue weighted by Crippen LogP contribution is 2.50. The molecule has 0 aliphatic carbocycles. The SMILES string of the molecule is O=C1Nc2c(C(F)(F)F)cccc2C1(c1ccc(O)cc1)N1CCCCC1. The number of likely N-dealkylation sites (tertiary alicyclic amines) is 1. The molecule has 0 spiro atoms. The predicted molar refractivity (Wildman–Crippen MR) is 94.4 cm³/mol. The Labute approximate surface area is 154 Å². The fourth-order valence-corrected chi connectivity index (χ4v) is 4.27. The number of carbonyl (C=O) groups excluding carboxylic acids is 1. The maximum Gasteiger partial charge on any atom is 0.418 e. The first-order valence-electron chi connectivity index (χ1n) is 8.92. The lowest BCUT2D eigenvalue weighted by Gasteiger charge is -2.42. The number of alkyl halides is 3. The Kier molecular flexibility index (Phi) is 4.14. The van der Waals surface area contributed by atoms with E-state index in [9.17, 15) is 23.1 Å². The fourth-order valence-electron chi connectivity index (χ4n) is 4.27. The van der Waals surface area contributed by atoms with Gasteiger partial charge in [-0.25, -0.2) is 0 Å². The van der Waals surface area contributed by atoms with Crippen LogP contribution in [0.4, 0.5) is 18.9 Å². The summed E-state index contributed by atoms with van der Waals surface area (Å²) in [6.45, 7) is 1.23. The Hall–Kier alpha value is -2.54. The second-order valence-corrected chi connectivity index (χ2v) is 6.99. The van der Waals surface area contributed by atoms with Crippen LogP contribution in [0.1, 0.15) is 36.0 Å². The lowest BCUT2D eigenvalue weighted by molar-refractivity contribution is -0.136. The molecule has 142 valence electrons. The van der Waals surface area contributed by atoms with Gasteiger partial charge in [0, 0.05) is 5.56 Å². The van der Waals surface area contributed by atoms with Gasteiger partial charge in [0.2, 0.25) is 0 Å². The van der Waals surface area contributed by atoms with Crippen molar-refractivity contribution >= 4 is 11.6 Å². The van der Waals surface area contributed by atoms with Crippen LogP contribution in [0.15, 0.2) is 42.5 Å². The van der Waals surface area contributed by atoms with Crippen molar-refractivity contribution in [1.29, 1.82) is 0 Å². The third-order valence-corrected chi connectivity index (χ3v) is 5.44. The number of halogens is 3. The second kappa shape index (κ2) is 6.27. The van der Waals surface area contributed by atoms with E-state index in [-0.39, 0.29) is 11.4 Å². The zero-order chi connectivity index (χ0) is 19.2. The first-order valence-corrected chi connectivity index (χ1v) is 8.92. The van der Waals surface area contributed by atoms with Crippen molar-refractivity contribution in [3.8, 4) is 5.75 Å². The van der Waals surface area contributed by atoms with Gasteiger partial charge in [0.05, 0.1) is 11.3 Å². The van der Waals surface area contributed by atoms with Crippen LogP contribution in [0.3, 0.4) is 0 Å². The molecule has 1 amide bonds. The predicted octanol–water partition coefficient (Wildman–Crippen LogP) is 4.09. The molecule has 1 atom stereocenters. The number of phenolic OH excluding ortho intramolecular Hbond substituents is 1. The van der Waals surface area contributed by atoms with Crippen LogP contribution in [0.2, 0.25) is 0 Å². The normalized spacial score (nSPS) is 23.1. The van der Waals surface area contributed by atoms with Crippen LogP contribution in [-0.2, 0) is 16.5 Å². The van der Waals surface area contributed by atoms with Crippen molar-refractivity contribution < 1.29 is 23.1 Å². The molecule has 0 bridgehead atoms. The van der Waals surface area contributed by atoms with Gasteiger partial charge in [0.15, 0.2) is 5.54 Å². The number of carbonyl (C=O) groups is 1. The summed E-state index contributed by atoms with van der Waals surface area (Å²) in [6.07, 6.45) is -1.78. The lowest BCUT2D eigenvalue weighted by Crippen LogP contribution is -2.53. The topological polar surface area (TPSA) is 52.6 Å². The molecular weight excluding hydrogens is 357 g/mol. The van der Waals surface area contributed by atoms with E-state index in [1.807, 2.05) is 4.90 Å². The second-order valence-electron chi connectivity index (χ2n) is 6.99. The van der Waals surface area contributed by atoms with Crippen LogP contribution < -0.4 is 5.32 Å². The third kappa shape index (κ3) is 2.68. The van der Waals surface area contributed by atoms with Gasteiger partial charge < -0.3 is 10.4 Å². The Bertz CT molecular complexity index is 874. The summed E-state index contributed by atoms with van der Waals surface area (Å²) in [6, 6.07) is 10.1. The minimum Gasteiger partial charge on any atom is -0.508 e. The van der Waals surface area contributed by atoms with Gasteiger partial charge in [0.1, 0.15) is 5.75 Å². The van der Waals surface area contributed by atoms with Gasteiger partial charge in [-0.1, -0.05) is 30.7 Å². The van der Waals surface area contributed by atoms with Gasteiger partial charge in [0.25, 0.3) is 5.91 Å². The van der Waals surface area contributed by atoms with Crippen molar-refractivity contribution in [1.82, 2.24) is 4.90 Å². The molecule has 0 saturated carbocycles. The van der Waals surface area contributed by atoms with Gasteiger partial charge in [-0.15, -0.1) is 0 Å². The molecule has 2 heterocycles. The highest BCUT2D eigenvalue weighted by Gasteiger charge is 2.54. The van der Waals surface area contributed by atoms with Crippen molar-refractivity contribution in [3.05, 3.63) is 59.2 Å². The van der Waals surface area contributed by atoms with E-state index in [2.05, 4.69) is 5.32 Å². The van der Waals surface area contributed by atoms with Crippen molar-refractivity contribution in [2.45, 2.75) is 31.0 Å². The molecule has 2 aliphatic rings. The number of phenols is 1. The third-order valence-electron chi connectivity index (χ3n) is 5.44. The number of amides is 1. The molecule has 0 aromatic heterocycles. The van der Waals surface area contributed by atoms with Crippen molar-refractivity contribution in [2.75, 3.05) is 18.4 Å². The van der Waals surface area contributed by atoms with Crippen LogP contribution in [0, 0.1) is 0 Å². The van der Waals surface area contributed by atoms with E-state index in [0.29, 0.717) is 24.2 Å². The molecule has 7 heteroatoms. The summed E-state index contributed by atoms with van der Waals surface area (Å²) in [5, 5.41) is 12.2.